The molecule has 0 bridgehead atoms. The molecule has 0 heterocycles. The molecule has 0 atom stereocenters. The third kappa shape index (κ3) is 4.17. The smallest absolute Gasteiger partial charge is 0.271 e. The fraction of sp³-hybridized carbons (Fsp3) is 0.625. The molecule has 1 aliphatic carbocycles. The van der Waals surface area contributed by atoms with Gasteiger partial charge in [-0.1, -0.05) is 13.8 Å². The standard InChI is InChI=1S/C16H24N2O3/c1-12-8-13(10-14(9-12)18(20)21)17-11-16(19)6-4-15(2,3)5-7-16/h8-10,17,19H,4-7,11H2,1-3H3. The second-order valence-electron chi connectivity index (χ2n) is 7.06. The van der Waals surface area contributed by atoms with Crippen LogP contribution in [0.3, 0.4) is 0 Å². The fourth-order valence-corrected chi connectivity index (χ4v) is 2.81. The zero-order valence-electron chi connectivity index (χ0n) is 13.0. The zero-order chi connectivity index (χ0) is 15.7. The average Bonchev–Trinajstić information content (AvgIpc) is 2.40. The Labute approximate surface area is 125 Å². The first-order valence-electron chi connectivity index (χ1n) is 7.42. The van der Waals surface area contributed by atoms with E-state index in [9.17, 15) is 15.2 Å². The first kappa shape index (κ1) is 15.8. The van der Waals surface area contributed by atoms with Crippen molar-refractivity contribution in [3.63, 3.8) is 0 Å². The number of anilines is 1. The molecule has 0 radical (unpaired) electrons. The number of rotatable bonds is 4. The Balaban J connectivity index is 2.01. The van der Waals surface area contributed by atoms with Crippen LogP contribution in [0.25, 0.3) is 0 Å². The lowest BCUT2D eigenvalue weighted by Crippen LogP contribution is -2.42. The summed E-state index contributed by atoms with van der Waals surface area (Å²) in [5.41, 5.74) is 1.19. The number of aryl methyl sites for hydroxylation is 1. The van der Waals surface area contributed by atoms with Crippen molar-refractivity contribution >= 4 is 11.4 Å². The largest absolute Gasteiger partial charge is 0.388 e. The molecule has 1 aliphatic rings. The first-order chi connectivity index (χ1) is 9.69. The molecule has 1 saturated carbocycles. The van der Waals surface area contributed by atoms with Gasteiger partial charge >= 0.3 is 0 Å². The molecule has 0 spiro atoms. The van der Waals surface area contributed by atoms with Crippen LogP contribution in [0.4, 0.5) is 11.4 Å². The highest BCUT2D eigenvalue weighted by atomic mass is 16.6. The van der Waals surface area contributed by atoms with Crippen LogP contribution in [0.2, 0.25) is 0 Å². The maximum atomic E-state index is 10.9. The maximum Gasteiger partial charge on any atom is 0.271 e. The lowest BCUT2D eigenvalue weighted by molar-refractivity contribution is -0.384. The number of non-ortho nitro benzene ring substituents is 1. The van der Waals surface area contributed by atoms with E-state index in [2.05, 4.69) is 19.2 Å². The summed E-state index contributed by atoms with van der Waals surface area (Å²) < 4.78 is 0. The average molecular weight is 292 g/mol. The Morgan fingerprint density at radius 2 is 1.86 bits per heavy atom. The molecule has 0 unspecified atom stereocenters. The number of benzene rings is 1. The molecule has 21 heavy (non-hydrogen) atoms. The summed E-state index contributed by atoms with van der Waals surface area (Å²) in [4.78, 5) is 10.5. The Kier molecular flexibility index (Phi) is 4.23. The third-order valence-electron chi connectivity index (χ3n) is 4.43. The lowest BCUT2D eigenvalue weighted by atomic mass is 9.71. The predicted molar refractivity (Wildman–Crippen MR) is 83.5 cm³/mol. The van der Waals surface area contributed by atoms with E-state index in [1.165, 1.54) is 6.07 Å². The van der Waals surface area contributed by atoms with Gasteiger partial charge in [0.1, 0.15) is 0 Å². The van der Waals surface area contributed by atoms with Crippen molar-refractivity contribution in [2.24, 2.45) is 5.41 Å². The molecule has 0 aliphatic heterocycles. The SMILES string of the molecule is Cc1cc(NCC2(O)CCC(C)(C)CC2)cc([N+](=O)[O-])c1. The normalized spacial score (nSPS) is 20.0. The van der Waals surface area contributed by atoms with E-state index in [0.717, 1.165) is 31.2 Å². The molecule has 1 aromatic rings. The molecule has 2 N–H and O–H groups in total. The quantitative estimate of drug-likeness (QED) is 0.656. The second kappa shape index (κ2) is 5.64. The number of nitro groups is 1. The highest BCUT2D eigenvalue weighted by molar-refractivity contribution is 5.54. The molecule has 5 heteroatoms. The van der Waals surface area contributed by atoms with Crippen LogP contribution >= 0.6 is 0 Å². The summed E-state index contributed by atoms with van der Waals surface area (Å²) in [6.07, 6.45) is 3.53. The topological polar surface area (TPSA) is 75.4 Å². The van der Waals surface area contributed by atoms with E-state index in [0.29, 0.717) is 17.6 Å². The monoisotopic (exact) mass is 292 g/mol. The number of nitrogens with zero attached hydrogens (tertiary/aromatic N) is 1. The van der Waals surface area contributed by atoms with Crippen LogP contribution in [-0.4, -0.2) is 22.2 Å². The van der Waals surface area contributed by atoms with Gasteiger partial charge in [-0.25, -0.2) is 0 Å². The summed E-state index contributed by atoms with van der Waals surface area (Å²) in [7, 11) is 0. The van der Waals surface area contributed by atoms with Gasteiger partial charge < -0.3 is 10.4 Å². The zero-order valence-corrected chi connectivity index (χ0v) is 13.0. The molecular weight excluding hydrogens is 268 g/mol. The van der Waals surface area contributed by atoms with Gasteiger partial charge in [0.2, 0.25) is 0 Å². The van der Waals surface area contributed by atoms with Crippen LogP contribution in [-0.2, 0) is 0 Å². The molecule has 116 valence electrons. The minimum Gasteiger partial charge on any atom is -0.388 e. The van der Waals surface area contributed by atoms with Gasteiger partial charge in [0.15, 0.2) is 0 Å². The van der Waals surface area contributed by atoms with Gasteiger partial charge in [0.05, 0.1) is 10.5 Å². The van der Waals surface area contributed by atoms with Gasteiger partial charge in [-0.2, -0.15) is 0 Å². The molecule has 0 aromatic heterocycles. The Bertz CT molecular complexity index is 530. The van der Waals surface area contributed by atoms with Crippen LogP contribution in [0.15, 0.2) is 18.2 Å². The van der Waals surface area contributed by atoms with Crippen molar-refractivity contribution in [1.29, 1.82) is 0 Å². The van der Waals surface area contributed by atoms with Gasteiger partial charge in [0, 0.05) is 24.4 Å². The number of nitrogens with one attached hydrogen (secondary N) is 1. The summed E-state index contributed by atoms with van der Waals surface area (Å²) in [6, 6.07) is 4.93. The second-order valence-corrected chi connectivity index (χ2v) is 7.06. The maximum absolute atomic E-state index is 10.9. The van der Waals surface area contributed by atoms with E-state index < -0.39 is 10.5 Å². The number of aliphatic hydroxyl groups is 1. The first-order valence-corrected chi connectivity index (χ1v) is 7.42. The van der Waals surface area contributed by atoms with E-state index in [1.807, 2.05) is 13.0 Å². The van der Waals surface area contributed by atoms with Crippen molar-refractivity contribution in [3.8, 4) is 0 Å². The Morgan fingerprint density at radius 1 is 1.24 bits per heavy atom. The van der Waals surface area contributed by atoms with Crippen molar-refractivity contribution in [1.82, 2.24) is 0 Å². The van der Waals surface area contributed by atoms with Gasteiger partial charge in [-0.05, 0) is 49.7 Å². The van der Waals surface area contributed by atoms with Crippen molar-refractivity contribution < 1.29 is 10.0 Å². The number of hydrogen-bond donors (Lipinski definition) is 2. The minimum atomic E-state index is -0.714. The molecule has 1 fully saturated rings. The van der Waals surface area contributed by atoms with Crippen molar-refractivity contribution in [2.45, 2.75) is 52.1 Å². The van der Waals surface area contributed by atoms with E-state index in [-0.39, 0.29) is 5.69 Å². The summed E-state index contributed by atoms with van der Waals surface area (Å²) in [6.45, 7) is 6.72. The van der Waals surface area contributed by atoms with Crippen molar-refractivity contribution in [3.05, 3.63) is 33.9 Å². The predicted octanol–water partition coefficient (Wildman–Crippen LogP) is 3.65. The summed E-state index contributed by atoms with van der Waals surface area (Å²) in [5.74, 6) is 0. The number of nitro benzene ring substituents is 1. The highest BCUT2D eigenvalue weighted by Crippen LogP contribution is 2.40. The van der Waals surface area contributed by atoms with E-state index in [1.54, 1.807) is 6.07 Å². The van der Waals surface area contributed by atoms with Crippen LogP contribution < -0.4 is 5.32 Å². The van der Waals surface area contributed by atoms with Crippen LogP contribution in [0.1, 0.15) is 45.1 Å². The van der Waals surface area contributed by atoms with Crippen LogP contribution in [0, 0.1) is 22.5 Å². The van der Waals surface area contributed by atoms with Gasteiger partial charge in [-0.15, -0.1) is 0 Å². The molecule has 0 saturated heterocycles. The molecule has 1 aromatic carbocycles. The van der Waals surface area contributed by atoms with Crippen molar-refractivity contribution in [2.75, 3.05) is 11.9 Å². The summed E-state index contributed by atoms with van der Waals surface area (Å²) >= 11 is 0. The van der Waals surface area contributed by atoms with Crippen LogP contribution in [0.5, 0.6) is 0 Å². The van der Waals surface area contributed by atoms with E-state index >= 15 is 0 Å². The lowest BCUT2D eigenvalue weighted by Gasteiger charge is -2.40. The Hall–Kier alpha value is -1.62. The molecule has 0 amide bonds. The van der Waals surface area contributed by atoms with Gasteiger partial charge in [0.25, 0.3) is 5.69 Å². The summed E-state index contributed by atoms with van der Waals surface area (Å²) in [5, 5.41) is 24.7. The molecule has 5 nitrogen and oxygen atoms in total. The minimum absolute atomic E-state index is 0.0780. The molecular formula is C16H24N2O3. The van der Waals surface area contributed by atoms with Gasteiger partial charge in [-0.3, -0.25) is 10.1 Å². The fourth-order valence-electron chi connectivity index (χ4n) is 2.81. The Morgan fingerprint density at radius 3 is 2.43 bits per heavy atom. The van der Waals surface area contributed by atoms with E-state index in [4.69, 9.17) is 0 Å². The molecule has 2 rings (SSSR count). The third-order valence-corrected chi connectivity index (χ3v) is 4.43. The number of hydrogen-bond acceptors (Lipinski definition) is 4. The highest BCUT2D eigenvalue weighted by Gasteiger charge is 2.36.